The van der Waals surface area contributed by atoms with Gasteiger partial charge in [0.25, 0.3) is 11.7 Å². The Morgan fingerprint density at radius 2 is 1.97 bits per heavy atom. The molecule has 5 rings (SSSR count). The Kier molecular flexibility index (Phi) is 5.37. The van der Waals surface area contributed by atoms with Gasteiger partial charge in [-0.1, -0.05) is 24.3 Å². The van der Waals surface area contributed by atoms with E-state index in [0.717, 1.165) is 27.6 Å². The van der Waals surface area contributed by atoms with Crippen LogP contribution in [0.3, 0.4) is 0 Å². The molecule has 0 radical (unpaired) electrons. The molecule has 0 saturated carbocycles. The molecule has 4 aromatic rings. The third kappa shape index (κ3) is 3.51. The Morgan fingerprint density at radius 1 is 1.15 bits per heavy atom. The molecule has 1 aliphatic rings. The first-order chi connectivity index (χ1) is 16.5. The summed E-state index contributed by atoms with van der Waals surface area (Å²) >= 11 is 0. The molecule has 170 valence electrons. The summed E-state index contributed by atoms with van der Waals surface area (Å²) < 4.78 is 5.32. The van der Waals surface area contributed by atoms with Gasteiger partial charge in [-0.2, -0.15) is 0 Å². The Bertz CT molecular complexity index is 1440. The molecule has 2 aromatic heterocycles. The predicted molar refractivity (Wildman–Crippen MR) is 128 cm³/mol. The number of aliphatic hydroxyl groups excluding tert-OH is 1. The fourth-order valence-corrected chi connectivity index (χ4v) is 4.56. The van der Waals surface area contributed by atoms with Crippen molar-refractivity contribution in [1.29, 1.82) is 0 Å². The fourth-order valence-electron chi connectivity index (χ4n) is 4.56. The number of amides is 1. The van der Waals surface area contributed by atoms with E-state index in [4.69, 9.17) is 4.74 Å². The monoisotopic (exact) mass is 453 g/mol. The lowest BCUT2D eigenvalue weighted by Gasteiger charge is -2.25. The lowest BCUT2D eigenvalue weighted by molar-refractivity contribution is -0.140. The Hall–Kier alpha value is -4.39. The number of aromatic amines is 1. The second-order valence-electron chi connectivity index (χ2n) is 8.26. The Labute approximate surface area is 196 Å². The van der Waals surface area contributed by atoms with Crippen molar-refractivity contribution in [1.82, 2.24) is 14.9 Å². The van der Waals surface area contributed by atoms with Gasteiger partial charge >= 0.3 is 0 Å². The number of para-hydroxylation sites is 1. The fraction of sp³-hybridized carbons (Fsp3) is 0.148. The second kappa shape index (κ2) is 8.51. The van der Waals surface area contributed by atoms with Gasteiger partial charge in [-0.15, -0.1) is 0 Å². The van der Waals surface area contributed by atoms with E-state index in [2.05, 4.69) is 9.97 Å². The van der Waals surface area contributed by atoms with Crippen molar-refractivity contribution in [3.05, 3.63) is 101 Å². The molecule has 1 atom stereocenters. The maximum Gasteiger partial charge on any atom is 0.295 e. The molecular formula is C27H23N3O4. The summed E-state index contributed by atoms with van der Waals surface area (Å²) in [5.74, 6) is -0.925. The van der Waals surface area contributed by atoms with Gasteiger partial charge in [0.1, 0.15) is 11.5 Å². The average molecular weight is 453 g/mol. The molecule has 1 saturated heterocycles. The number of pyridine rings is 1. The van der Waals surface area contributed by atoms with Crippen LogP contribution in [0.25, 0.3) is 16.7 Å². The summed E-state index contributed by atoms with van der Waals surface area (Å²) in [6.07, 6.45) is 5.11. The normalized spacial score (nSPS) is 17.5. The Morgan fingerprint density at radius 3 is 2.71 bits per heavy atom. The quantitative estimate of drug-likeness (QED) is 0.264. The number of ketones is 1. The predicted octanol–water partition coefficient (Wildman–Crippen LogP) is 4.50. The molecule has 0 bridgehead atoms. The molecule has 1 aliphatic heterocycles. The third-order valence-electron chi connectivity index (χ3n) is 6.20. The van der Waals surface area contributed by atoms with Crippen LogP contribution in [0.2, 0.25) is 0 Å². The van der Waals surface area contributed by atoms with E-state index in [0.29, 0.717) is 11.3 Å². The number of aliphatic hydroxyl groups is 1. The molecular weight excluding hydrogens is 430 g/mol. The van der Waals surface area contributed by atoms with Crippen LogP contribution in [0, 0.1) is 6.92 Å². The zero-order valence-electron chi connectivity index (χ0n) is 18.8. The van der Waals surface area contributed by atoms with Gasteiger partial charge in [0, 0.05) is 47.2 Å². The first kappa shape index (κ1) is 21.5. The molecule has 2 aromatic carbocycles. The summed E-state index contributed by atoms with van der Waals surface area (Å²) in [5.41, 5.74) is 3.72. The number of Topliss-reactive ketones (excluding diaryl/α,β-unsaturated/α-hetero) is 1. The summed E-state index contributed by atoms with van der Waals surface area (Å²) in [7, 11) is 1.57. The largest absolute Gasteiger partial charge is 0.507 e. The number of hydrogen-bond donors (Lipinski definition) is 2. The number of carbonyl (C=O) groups is 2. The van der Waals surface area contributed by atoms with Crippen LogP contribution in [-0.2, 0) is 16.1 Å². The van der Waals surface area contributed by atoms with Crippen LogP contribution in [0.5, 0.6) is 5.75 Å². The first-order valence-electron chi connectivity index (χ1n) is 10.9. The minimum absolute atomic E-state index is 0.0585. The number of rotatable bonds is 5. The number of fused-ring (bicyclic) bond motifs is 1. The second-order valence-corrected chi connectivity index (χ2v) is 8.26. The standard InChI is InChI=1S/C27H23N3O4/c1-16-12-18(9-10-22(16)34-2)25(31)23-24(20-14-29-21-8-4-3-7-19(20)21)30(27(33)26(23)32)15-17-6-5-11-28-13-17/h3-14,24,29,31H,15H2,1-2H3/b25-23+. The topological polar surface area (TPSA) is 95.5 Å². The number of H-pyrrole nitrogens is 1. The van der Waals surface area contributed by atoms with Crippen molar-refractivity contribution >= 4 is 28.4 Å². The minimum atomic E-state index is -0.765. The van der Waals surface area contributed by atoms with Crippen molar-refractivity contribution in [3.8, 4) is 5.75 Å². The highest BCUT2D eigenvalue weighted by molar-refractivity contribution is 6.46. The number of nitrogens with zero attached hydrogens (tertiary/aromatic N) is 2. The zero-order valence-corrected chi connectivity index (χ0v) is 18.8. The Balaban J connectivity index is 1.70. The maximum atomic E-state index is 13.3. The average Bonchev–Trinajstić information content (AvgIpc) is 3.38. The number of nitrogens with one attached hydrogen (secondary N) is 1. The van der Waals surface area contributed by atoms with Gasteiger partial charge in [-0.05, 0) is 48.4 Å². The van der Waals surface area contributed by atoms with E-state index in [1.807, 2.05) is 37.3 Å². The first-order valence-corrected chi connectivity index (χ1v) is 10.9. The van der Waals surface area contributed by atoms with Crippen LogP contribution in [0.1, 0.15) is 28.3 Å². The molecule has 34 heavy (non-hydrogen) atoms. The molecule has 1 fully saturated rings. The number of aryl methyl sites for hydroxylation is 1. The van der Waals surface area contributed by atoms with Gasteiger partial charge in [0.05, 0.1) is 18.7 Å². The van der Waals surface area contributed by atoms with Crippen LogP contribution < -0.4 is 4.74 Å². The number of carbonyl (C=O) groups excluding carboxylic acids is 2. The van der Waals surface area contributed by atoms with Gasteiger partial charge in [-0.25, -0.2) is 0 Å². The molecule has 0 spiro atoms. The number of benzene rings is 2. The number of methoxy groups -OCH3 is 1. The third-order valence-corrected chi connectivity index (χ3v) is 6.20. The highest BCUT2D eigenvalue weighted by Crippen LogP contribution is 2.42. The minimum Gasteiger partial charge on any atom is -0.507 e. The van der Waals surface area contributed by atoms with Crippen molar-refractivity contribution in [2.45, 2.75) is 19.5 Å². The SMILES string of the molecule is COc1ccc(/C(O)=C2\C(=O)C(=O)N(Cc3cccnc3)C2c2c[nH]c3ccccc23)cc1C. The summed E-state index contributed by atoms with van der Waals surface area (Å²) in [6.45, 7) is 2.04. The maximum absolute atomic E-state index is 13.3. The van der Waals surface area contributed by atoms with Crippen LogP contribution in [0.15, 0.2) is 78.8 Å². The van der Waals surface area contributed by atoms with Crippen molar-refractivity contribution in [2.24, 2.45) is 0 Å². The highest BCUT2D eigenvalue weighted by Gasteiger charge is 2.46. The van der Waals surface area contributed by atoms with Gasteiger partial charge < -0.3 is 19.7 Å². The van der Waals surface area contributed by atoms with E-state index in [1.165, 1.54) is 4.90 Å². The summed E-state index contributed by atoms with van der Waals surface area (Å²) in [5, 5.41) is 12.2. The van der Waals surface area contributed by atoms with Crippen molar-refractivity contribution < 1.29 is 19.4 Å². The number of hydrogen-bond acceptors (Lipinski definition) is 5. The van der Waals surface area contributed by atoms with Gasteiger partial charge in [-0.3, -0.25) is 14.6 Å². The smallest absolute Gasteiger partial charge is 0.295 e. The number of ether oxygens (including phenoxy) is 1. The molecule has 0 aliphatic carbocycles. The van der Waals surface area contributed by atoms with Gasteiger partial charge in [0.15, 0.2) is 0 Å². The lowest BCUT2D eigenvalue weighted by Crippen LogP contribution is -2.29. The van der Waals surface area contributed by atoms with Crippen LogP contribution >= 0.6 is 0 Å². The van der Waals surface area contributed by atoms with E-state index >= 15 is 0 Å². The molecule has 7 heteroatoms. The van der Waals surface area contributed by atoms with Crippen LogP contribution in [0.4, 0.5) is 0 Å². The molecule has 3 heterocycles. The van der Waals surface area contributed by atoms with E-state index in [1.54, 1.807) is 50.0 Å². The zero-order chi connectivity index (χ0) is 23.8. The lowest BCUT2D eigenvalue weighted by atomic mass is 9.94. The van der Waals surface area contributed by atoms with E-state index < -0.39 is 17.7 Å². The highest BCUT2D eigenvalue weighted by atomic mass is 16.5. The number of aromatic nitrogens is 2. The number of likely N-dealkylation sites (tertiary alicyclic amines) is 1. The molecule has 1 unspecified atom stereocenters. The molecule has 2 N–H and O–H groups in total. The van der Waals surface area contributed by atoms with E-state index in [-0.39, 0.29) is 17.9 Å². The van der Waals surface area contributed by atoms with Crippen molar-refractivity contribution in [2.75, 3.05) is 7.11 Å². The summed E-state index contributed by atoms with van der Waals surface area (Å²) in [4.78, 5) is 35.4. The van der Waals surface area contributed by atoms with Crippen LogP contribution in [-0.4, -0.2) is 38.8 Å². The van der Waals surface area contributed by atoms with Crippen molar-refractivity contribution in [3.63, 3.8) is 0 Å². The van der Waals surface area contributed by atoms with E-state index in [9.17, 15) is 14.7 Å². The van der Waals surface area contributed by atoms with Gasteiger partial charge in [0.2, 0.25) is 0 Å². The summed E-state index contributed by atoms with van der Waals surface area (Å²) in [6, 6.07) is 15.7. The molecule has 7 nitrogen and oxygen atoms in total. The molecule has 1 amide bonds.